The maximum Gasteiger partial charge on any atom is 0.274 e. The lowest BCUT2D eigenvalue weighted by atomic mass is 10.2. The van der Waals surface area contributed by atoms with Gasteiger partial charge < -0.3 is 25.7 Å². The Morgan fingerprint density at radius 1 is 1.28 bits per heavy atom. The van der Waals surface area contributed by atoms with Crippen molar-refractivity contribution < 1.29 is 19.8 Å². The summed E-state index contributed by atoms with van der Waals surface area (Å²) < 4.78 is 2.85. The van der Waals surface area contributed by atoms with Crippen LogP contribution < -0.4 is 10.6 Å². The molecule has 154 valence electrons. The first-order valence-electron chi connectivity index (χ1n) is 8.85. The van der Waals surface area contributed by atoms with Crippen LogP contribution in [0.1, 0.15) is 20.8 Å². The third-order valence-electron chi connectivity index (χ3n) is 4.16. The number of aryl methyl sites for hydroxylation is 1. The van der Waals surface area contributed by atoms with E-state index in [0.717, 1.165) is 0 Å². The van der Waals surface area contributed by atoms with E-state index in [0.29, 0.717) is 23.8 Å². The van der Waals surface area contributed by atoms with Crippen LogP contribution in [0.25, 0.3) is 5.65 Å². The van der Waals surface area contributed by atoms with Crippen molar-refractivity contribution >= 4 is 29.1 Å². The lowest BCUT2D eigenvalue weighted by molar-refractivity contribution is 0.0762. The number of carbonyl (C=O) groups excluding carboxylic acids is 2. The predicted molar refractivity (Wildman–Crippen MR) is 104 cm³/mol. The SMILES string of the molecule is CN(CCO)C(=O)c1cnn(C)c1C(=O)Nc1ccn2nc(NCCO)nc2c1. The van der Waals surface area contributed by atoms with Gasteiger partial charge in [0.25, 0.3) is 11.8 Å². The number of fused-ring (bicyclic) bond motifs is 1. The average Bonchev–Trinajstić information content (AvgIpc) is 3.28. The predicted octanol–water partition coefficient (Wildman–Crippen LogP) is -0.816. The molecule has 0 spiro atoms. The Morgan fingerprint density at radius 3 is 2.79 bits per heavy atom. The Morgan fingerprint density at radius 2 is 2.07 bits per heavy atom. The highest BCUT2D eigenvalue weighted by Crippen LogP contribution is 2.16. The molecule has 3 aromatic heterocycles. The van der Waals surface area contributed by atoms with Gasteiger partial charge in [-0.05, 0) is 6.07 Å². The third-order valence-corrected chi connectivity index (χ3v) is 4.16. The van der Waals surface area contributed by atoms with Crippen molar-refractivity contribution in [3.63, 3.8) is 0 Å². The van der Waals surface area contributed by atoms with Crippen molar-refractivity contribution in [2.24, 2.45) is 7.05 Å². The fraction of sp³-hybridized carbons (Fsp3) is 0.353. The number of rotatable bonds is 8. The lowest BCUT2D eigenvalue weighted by Crippen LogP contribution is -2.31. The first kappa shape index (κ1) is 20.2. The summed E-state index contributed by atoms with van der Waals surface area (Å²) in [6, 6.07) is 3.27. The van der Waals surface area contributed by atoms with Gasteiger partial charge >= 0.3 is 0 Å². The van der Waals surface area contributed by atoms with Crippen LogP contribution in [0, 0.1) is 0 Å². The van der Waals surface area contributed by atoms with Crippen molar-refractivity contribution in [2.45, 2.75) is 0 Å². The van der Waals surface area contributed by atoms with E-state index in [4.69, 9.17) is 10.2 Å². The molecule has 12 nitrogen and oxygen atoms in total. The molecular weight excluding hydrogens is 380 g/mol. The van der Waals surface area contributed by atoms with Crippen molar-refractivity contribution in [1.29, 1.82) is 0 Å². The summed E-state index contributed by atoms with van der Waals surface area (Å²) in [5.74, 6) is -0.563. The molecule has 0 aliphatic heterocycles. The maximum absolute atomic E-state index is 12.8. The molecule has 3 heterocycles. The first-order chi connectivity index (χ1) is 13.9. The van der Waals surface area contributed by atoms with Gasteiger partial charge in [0.05, 0.1) is 25.0 Å². The highest BCUT2D eigenvalue weighted by Gasteiger charge is 2.24. The van der Waals surface area contributed by atoms with E-state index in [1.807, 2.05) is 0 Å². The molecule has 4 N–H and O–H groups in total. The Balaban J connectivity index is 1.81. The number of nitrogens with one attached hydrogen (secondary N) is 2. The number of anilines is 2. The minimum atomic E-state index is -0.506. The summed E-state index contributed by atoms with van der Waals surface area (Å²) >= 11 is 0. The van der Waals surface area contributed by atoms with E-state index in [1.54, 1.807) is 25.4 Å². The number of pyridine rings is 1. The summed E-state index contributed by atoms with van der Waals surface area (Å²) in [5.41, 5.74) is 1.20. The van der Waals surface area contributed by atoms with Crippen molar-refractivity contribution in [1.82, 2.24) is 29.3 Å². The number of hydrogen-bond donors (Lipinski definition) is 4. The highest BCUT2D eigenvalue weighted by atomic mass is 16.3. The van der Waals surface area contributed by atoms with Crippen LogP contribution in [0.5, 0.6) is 0 Å². The van der Waals surface area contributed by atoms with Crippen molar-refractivity contribution in [2.75, 3.05) is 44.0 Å². The Hall–Kier alpha value is -3.51. The lowest BCUT2D eigenvalue weighted by Gasteiger charge is -2.15. The normalized spacial score (nSPS) is 10.9. The van der Waals surface area contributed by atoms with Gasteiger partial charge in [0.15, 0.2) is 5.65 Å². The third kappa shape index (κ3) is 4.33. The standard InChI is InChI=1S/C17H22N8O4/c1-23(6-8-27)16(29)12-10-19-24(2)14(12)15(28)20-11-3-5-25-13(9-11)21-17(22-25)18-4-7-26/h3,5,9-10,26-27H,4,6-8H2,1-2H3,(H,18,22)(H,20,28). The Kier molecular flexibility index (Phi) is 6.04. The van der Waals surface area contributed by atoms with Crippen LogP contribution in [0.15, 0.2) is 24.5 Å². The molecule has 0 radical (unpaired) electrons. The van der Waals surface area contributed by atoms with E-state index in [9.17, 15) is 9.59 Å². The van der Waals surface area contributed by atoms with Gasteiger partial charge in [-0.25, -0.2) is 4.52 Å². The van der Waals surface area contributed by atoms with E-state index >= 15 is 0 Å². The van der Waals surface area contributed by atoms with Gasteiger partial charge in [0.2, 0.25) is 5.95 Å². The number of carbonyl (C=O) groups is 2. The van der Waals surface area contributed by atoms with Gasteiger partial charge in [-0.1, -0.05) is 0 Å². The van der Waals surface area contributed by atoms with Crippen LogP contribution in [0.3, 0.4) is 0 Å². The number of aliphatic hydroxyl groups is 2. The molecule has 12 heteroatoms. The summed E-state index contributed by atoms with van der Waals surface area (Å²) in [6.45, 7) is 0.237. The minimum absolute atomic E-state index is 0.0455. The fourth-order valence-corrected chi connectivity index (χ4v) is 2.71. The number of likely N-dealkylation sites (N-methyl/N-ethyl adjacent to an activating group) is 1. The summed E-state index contributed by atoms with van der Waals surface area (Å²) in [4.78, 5) is 30.9. The van der Waals surface area contributed by atoms with E-state index in [-0.39, 0.29) is 31.0 Å². The van der Waals surface area contributed by atoms with E-state index in [1.165, 1.54) is 27.3 Å². The van der Waals surface area contributed by atoms with Crippen LogP contribution in [-0.2, 0) is 7.05 Å². The molecule has 0 bridgehead atoms. The number of aromatic nitrogens is 5. The number of amides is 2. The quantitative estimate of drug-likeness (QED) is 0.382. The molecule has 0 aliphatic carbocycles. The van der Waals surface area contributed by atoms with Gasteiger partial charge in [-0.15, -0.1) is 5.10 Å². The highest BCUT2D eigenvalue weighted by molar-refractivity contribution is 6.11. The second kappa shape index (κ2) is 8.67. The molecule has 0 unspecified atom stereocenters. The Bertz CT molecular complexity index is 1030. The summed E-state index contributed by atoms with van der Waals surface area (Å²) in [6.07, 6.45) is 2.96. The van der Waals surface area contributed by atoms with Crippen LogP contribution in [0.4, 0.5) is 11.6 Å². The van der Waals surface area contributed by atoms with Gasteiger partial charge in [-0.2, -0.15) is 10.1 Å². The molecule has 0 saturated carbocycles. The molecule has 3 aromatic rings. The number of aliphatic hydroxyl groups excluding tert-OH is 2. The second-order valence-corrected chi connectivity index (χ2v) is 6.24. The largest absolute Gasteiger partial charge is 0.395 e. The van der Waals surface area contributed by atoms with Crippen LogP contribution >= 0.6 is 0 Å². The molecular formula is C17H22N8O4. The topological polar surface area (TPSA) is 150 Å². The zero-order valence-corrected chi connectivity index (χ0v) is 16.0. The summed E-state index contributed by atoms with van der Waals surface area (Å²) in [7, 11) is 3.10. The average molecular weight is 402 g/mol. The van der Waals surface area contributed by atoms with Crippen molar-refractivity contribution in [3.8, 4) is 0 Å². The smallest absolute Gasteiger partial charge is 0.274 e. The van der Waals surface area contributed by atoms with Crippen LogP contribution in [-0.4, -0.2) is 84.7 Å². The fourth-order valence-electron chi connectivity index (χ4n) is 2.71. The number of nitrogens with zero attached hydrogens (tertiary/aromatic N) is 6. The maximum atomic E-state index is 12.8. The van der Waals surface area contributed by atoms with E-state index < -0.39 is 11.8 Å². The molecule has 2 amide bonds. The van der Waals surface area contributed by atoms with Gasteiger partial charge in [0.1, 0.15) is 5.69 Å². The molecule has 0 atom stereocenters. The second-order valence-electron chi connectivity index (χ2n) is 6.24. The van der Waals surface area contributed by atoms with Crippen LogP contribution in [0.2, 0.25) is 0 Å². The molecule has 0 aliphatic rings. The monoisotopic (exact) mass is 402 g/mol. The summed E-state index contributed by atoms with van der Waals surface area (Å²) in [5, 5.41) is 31.7. The number of hydrogen-bond acceptors (Lipinski definition) is 8. The zero-order chi connectivity index (χ0) is 21.0. The molecule has 0 fully saturated rings. The Labute approximate surface area is 165 Å². The zero-order valence-electron chi connectivity index (χ0n) is 16.0. The van der Waals surface area contributed by atoms with Crippen molar-refractivity contribution in [3.05, 3.63) is 35.8 Å². The molecule has 0 aromatic carbocycles. The van der Waals surface area contributed by atoms with Gasteiger partial charge in [-0.3, -0.25) is 14.3 Å². The minimum Gasteiger partial charge on any atom is -0.395 e. The molecule has 29 heavy (non-hydrogen) atoms. The molecule has 3 rings (SSSR count). The first-order valence-corrected chi connectivity index (χ1v) is 8.85. The molecule has 0 saturated heterocycles. The van der Waals surface area contributed by atoms with Gasteiger partial charge in [0, 0.05) is 45.1 Å². The van der Waals surface area contributed by atoms with E-state index in [2.05, 4.69) is 25.8 Å².